The van der Waals surface area contributed by atoms with E-state index in [1.165, 1.54) is 12.1 Å². The Bertz CT molecular complexity index is 685. The molecule has 0 spiro atoms. The molecule has 0 unspecified atom stereocenters. The van der Waals surface area contributed by atoms with Gasteiger partial charge in [-0.15, -0.1) is 0 Å². The third kappa shape index (κ3) is 3.16. The molecule has 0 amide bonds. The number of aryl methyl sites for hydroxylation is 2. The van der Waals surface area contributed by atoms with Gasteiger partial charge >= 0.3 is 5.97 Å². The molecular weight excluding hydrogens is 297 g/mol. The second-order valence-corrected chi connectivity index (χ2v) is 4.87. The number of anilines is 1. The van der Waals surface area contributed by atoms with Gasteiger partial charge in [-0.2, -0.15) is 5.10 Å². The van der Waals surface area contributed by atoms with Crippen LogP contribution in [0.4, 0.5) is 10.1 Å². The van der Waals surface area contributed by atoms with Crippen molar-refractivity contribution in [3.8, 4) is 0 Å². The minimum absolute atomic E-state index is 0.0154. The smallest absolute Gasteiger partial charge is 0.338 e. The monoisotopic (exact) mass is 311 g/mol. The predicted molar refractivity (Wildman–Crippen MR) is 77.5 cm³/mol. The third-order valence-electron chi connectivity index (χ3n) is 3.07. The largest absolute Gasteiger partial charge is 0.456 e. The Morgan fingerprint density at radius 2 is 2.24 bits per heavy atom. The van der Waals surface area contributed by atoms with Gasteiger partial charge in [0.2, 0.25) is 0 Å². The summed E-state index contributed by atoms with van der Waals surface area (Å²) in [5, 5.41) is 4.72. The van der Waals surface area contributed by atoms with E-state index < -0.39 is 11.8 Å². The Balaban J connectivity index is 2.11. The molecule has 1 heterocycles. The van der Waals surface area contributed by atoms with Crippen LogP contribution < -0.4 is 5.73 Å². The molecule has 21 heavy (non-hydrogen) atoms. The molecule has 0 fully saturated rings. The molecule has 0 saturated carbocycles. The summed E-state index contributed by atoms with van der Waals surface area (Å²) in [4.78, 5) is 11.9. The van der Waals surface area contributed by atoms with Crippen LogP contribution in [0.3, 0.4) is 0 Å². The summed E-state index contributed by atoms with van der Waals surface area (Å²) in [6, 6.07) is 3.68. The van der Waals surface area contributed by atoms with Crippen LogP contribution in [0.2, 0.25) is 5.02 Å². The lowest BCUT2D eigenvalue weighted by Gasteiger charge is -2.06. The van der Waals surface area contributed by atoms with Crippen molar-refractivity contribution < 1.29 is 13.9 Å². The van der Waals surface area contributed by atoms with Gasteiger partial charge in [0.15, 0.2) is 0 Å². The number of nitrogen functional groups attached to an aromatic ring is 1. The van der Waals surface area contributed by atoms with Crippen LogP contribution in [-0.2, 0) is 24.8 Å². The number of hydrogen-bond acceptors (Lipinski definition) is 4. The van der Waals surface area contributed by atoms with Gasteiger partial charge in [0.25, 0.3) is 0 Å². The average Bonchev–Trinajstić information content (AvgIpc) is 2.73. The summed E-state index contributed by atoms with van der Waals surface area (Å²) in [6.07, 6.45) is 0.690. The highest BCUT2D eigenvalue weighted by Gasteiger charge is 2.16. The van der Waals surface area contributed by atoms with E-state index in [1.54, 1.807) is 11.7 Å². The Hall–Kier alpha value is -2.08. The number of ether oxygens (including phenoxy) is 1. The van der Waals surface area contributed by atoms with Gasteiger partial charge < -0.3 is 10.5 Å². The fourth-order valence-corrected chi connectivity index (χ4v) is 2.21. The summed E-state index contributed by atoms with van der Waals surface area (Å²) in [7, 11) is 1.73. The van der Waals surface area contributed by atoms with Crippen LogP contribution >= 0.6 is 11.6 Å². The first-order valence-electron chi connectivity index (χ1n) is 6.36. The van der Waals surface area contributed by atoms with Crippen molar-refractivity contribution in [2.75, 3.05) is 5.73 Å². The zero-order valence-corrected chi connectivity index (χ0v) is 12.4. The highest BCUT2D eigenvalue weighted by Crippen LogP contribution is 2.22. The van der Waals surface area contributed by atoms with Gasteiger partial charge in [0.1, 0.15) is 12.4 Å². The third-order valence-corrected chi connectivity index (χ3v) is 3.51. The van der Waals surface area contributed by atoms with Gasteiger partial charge in [-0.25, -0.2) is 9.18 Å². The van der Waals surface area contributed by atoms with Gasteiger partial charge in [0.05, 0.1) is 27.7 Å². The maximum atomic E-state index is 13.1. The molecule has 0 atom stereocenters. The maximum Gasteiger partial charge on any atom is 0.338 e. The zero-order valence-electron chi connectivity index (χ0n) is 11.7. The summed E-state index contributed by atoms with van der Waals surface area (Å²) >= 11 is 6.16. The van der Waals surface area contributed by atoms with E-state index in [9.17, 15) is 9.18 Å². The minimum atomic E-state index is -0.600. The molecule has 0 aliphatic carbocycles. The number of carbonyl (C=O) groups excluding carboxylic acids is 1. The molecule has 2 N–H and O–H groups in total. The number of rotatable bonds is 4. The molecule has 0 radical (unpaired) electrons. The molecule has 2 rings (SSSR count). The molecule has 2 aromatic rings. The predicted octanol–water partition coefficient (Wildman–Crippen LogP) is 2.71. The van der Waals surface area contributed by atoms with Crippen molar-refractivity contribution in [3.05, 3.63) is 46.0 Å². The second kappa shape index (κ2) is 6.13. The summed E-state index contributed by atoms with van der Waals surface area (Å²) in [6.45, 7) is 1.92. The van der Waals surface area contributed by atoms with E-state index >= 15 is 0 Å². The van der Waals surface area contributed by atoms with Crippen LogP contribution in [-0.4, -0.2) is 15.7 Å². The number of benzene rings is 1. The quantitative estimate of drug-likeness (QED) is 0.696. The van der Waals surface area contributed by atoms with Crippen molar-refractivity contribution in [2.24, 2.45) is 7.05 Å². The van der Waals surface area contributed by atoms with E-state index in [4.69, 9.17) is 22.1 Å². The summed E-state index contributed by atoms with van der Waals surface area (Å²) in [5.74, 6) is -1.18. The van der Waals surface area contributed by atoms with Crippen LogP contribution in [0, 0.1) is 5.82 Å². The van der Waals surface area contributed by atoms with E-state index in [1.807, 2.05) is 6.92 Å². The molecule has 0 saturated heterocycles. The van der Waals surface area contributed by atoms with E-state index in [2.05, 4.69) is 5.10 Å². The van der Waals surface area contributed by atoms with Crippen molar-refractivity contribution in [1.29, 1.82) is 0 Å². The molecule has 1 aromatic carbocycles. The zero-order chi connectivity index (χ0) is 15.6. The Morgan fingerprint density at radius 3 is 2.81 bits per heavy atom. The van der Waals surface area contributed by atoms with Crippen LogP contribution in [0.5, 0.6) is 0 Å². The molecule has 5 nitrogen and oxygen atoms in total. The first kappa shape index (κ1) is 15.3. The lowest BCUT2D eigenvalue weighted by molar-refractivity contribution is 0.0463. The molecule has 1 aromatic heterocycles. The number of halogens is 2. The summed E-state index contributed by atoms with van der Waals surface area (Å²) in [5.41, 5.74) is 6.85. The topological polar surface area (TPSA) is 70.1 Å². The van der Waals surface area contributed by atoms with Crippen LogP contribution in [0.1, 0.15) is 28.7 Å². The number of aromatic nitrogens is 2. The number of nitrogens with zero attached hydrogens (tertiary/aromatic N) is 2. The standard InChI is InChI=1S/C14H15ClFN3O2/c1-3-11-13(15)12(19(2)18-11)7-21-14(20)8-4-5-9(16)10(17)6-8/h4-6H,3,7,17H2,1-2H3. The van der Waals surface area contributed by atoms with Crippen molar-refractivity contribution in [3.63, 3.8) is 0 Å². The van der Waals surface area contributed by atoms with Crippen LogP contribution in [0.15, 0.2) is 18.2 Å². The molecule has 7 heteroatoms. The fraction of sp³-hybridized carbons (Fsp3) is 0.286. The average molecular weight is 312 g/mol. The lowest BCUT2D eigenvalue weighted by atomic mass is 10.2. The van der Waals surface area contributed by atoms with Gasteiger partial charge in [-0.1, -0.05) is 18.5 Å². The number of carbonyl (C=O) groups is 1. The van der Waals surface area contributed by atoms with Gasteiger partial charge in [0, 0.05) is 7.05 Å². The van der Waals surface area contributed by atoms with E-state index in [0.717, 1.165) is 11.8 Å². The molecule has 0 aliphatic heterocycles. The molecule has 0 bridgehead atoms. The molecular formula is C14H15ClFN3O2. The van der Waals surface area contributed by atoms with E-state index in [0.29, 0.717) is 17.1 Å². The highest BCUT2D eigenvalue weighted by atomic mass is 35.5. The second-order valence-electron chi connectivity index (χ2n) is 4.50. The number of hydrogen-bond donors (Lipinski definition) is 1. The molecule has 0 aliphatic rings. The maximum absolute atomic E-state index is 13.1. The van der Waals surface area contributed by atoms with Gasteiger partial charge in [-0.05, 0) is 24.6 Å². The fourth-order valence-electron chi connectivity index (χ4n) is 1.86. The highest BCUT2D eigenvalue weighted by molar-refractivity contribution is 6.31. The van der Waals surface area contributed by atoms with Crippen LogP contribution in [0.25, 0.3) is 0 Å². The summed E-state index contributed by atoms with van der Waals surface area (Å²) < 4.78 is 19.8. The first-order valence-corrected chi connectivity index (χ1v) is 6.74. The van der Waals surface area contributed by atoms with E-state index in [-0.39, 0.29) is 17.9 Å². The van der Waals surface area contributed by atoms with Crippen molar-refractivity contribution in [2.45, 2.75) is 20.0 Å². The number of nitrogens with two attached hydrogens (primary N) is 1. The Labute approximate surface area is 126 Å². The lowest BCUT2D eigenvalue weighted by Crippen LogP contribution is -2.09. The normalized spacial score (nSPS) is 10.7. The first-order chi connectivity index (χ1) is 9.93. The number of esters is 1. The Kier molecular flexibility index (Phi) is 4.47. The molecule has 112 valence electrons. The minimum Gasteiger partial charge on any atom is -0.456 e. The van der Waals surface area contributed by atoms with Crippen molar-refractivity contribution >= 4 is 23.3 Å². The van der Waals surface area contributed by atoms with Gasteiger partial charge in [-0.3, -0.25) is 4.68 Å². The SMILES string of the molecule is CCc1nn(C)c(COC(=O)c2ccc(F)c(N)c2)c1Cl. The Morgan fingerprint density at radius 1 is 1.52 bits per heavy atom. The van der Waals surface area contributed by atoms with Crippen molar-refractivity contribution in [1.82, 2.24) is 9.78 Å².